The van der Waals surface area contributed by atoms with Gasteiger partial charge in [-0.2, -0.15) is 0 Å². The van der Waals surface area contributed by atoms with Crippen LogP contribution in [0.2, 0.25) is 0 Å². The molecule has 2 spiro atoms. The number of rotatable bonds is 4. The molecule has 0 aromatic heterocycles. The zero-order valence-electron chi connectivity index (χ0n) is 33.2. The lowest BCUT2D eigenvalue weighted by atomic mass is 9.43. The van der Waals surface area contributed by atoms with Crippen LogP contribution in [0, 0.1) is 35.5 Å². The molecule has 0 saturated heterocycles. The Bertz CT molecular complexity index is 2810. The van der Waals surface area contributed by atoms with Crippen molar-refractivity contribution in [3.8, 4) is 33.4 Å². The van der Waals surface area contributed by atoms with E-state index in [2.05, 4.69) is 157 Å². The SMILES string of the molecule is c1ccc2c(c1)-c1ccc(N(c3ccc(-c4cccc5ccccc45)cc3)c3ccc4c(c3)C3(c5ccccc5-4)C4CC5CC(C4)CC3C5)cc1C21CC2CCC1C2. The summed E-state index contributed by atoms with van der Waals surface area (Å²) < 4.78 is 0. The molecule has 282 valence electrons. The second kappa shape index (κ2) is 11.6. The molecule has 1 nitrogen and oxygen atoms in total. The van der Waals surface area contributed by atoms with Crippen molar-refractivity contribution >= 4 is 27.8 Å². The summed E-state index contributed by atoms with van der Waals surface area (Å²) in [4.78, 5) is 2.63. The van der Waals surface area contributed by atoms with E-state index in [4.69, 9.17) is 0 Å². The molecule has 1 heteroatoms. The van der Waals surface area contributed by atoms with Crippen LogP contribution in [-0.4, -0.2) is 0 Å². The van der Waals surface area contributed by atoms with Crippen LogP contribution in [0.4, 0.5) is 17.1 Å². The Morgan fingerprint density at radius 3 is 1.69 bits per heavy atom. The summed E-state index contributed by atoms with van der Waals surface area (Å²) >= 11 is 0. The van der Waals surface area contributed by atoms with Crippen molar-refractivity contribution in [2.75, 3.05) is 4.90 Å². The van der Waals surface area contributed by atoms with Gasteiger partial charge in [0.25, 0.3) is 0 Å². The lowest BCUT2D eigenvalue weighted by molar-refractivity contribution is -0.0399. The first-order chi connectivity index (χ1) is 28.7. The van der Waals surface area contributed by atoms with Gasteiger partial charge in [-0.3, -0.25) is 0 Å². The maximum Gasteiger partial charge on any atom is 0.0465 e. The van der Waals surface area contributed by atoms with Gasteiger partial charge in [-0.15, -0.1) is 0 Å². The molecule has 8 aliphatic carbocycles. The van der Waals surface area contributed by atoms with Crippen LogP contribution < -0.4 is 4.90 Å². The fourth-order valence-electron chi connectivity index (χ4n) is 15.5. The highest BCUT2D eigenvalue weighted by Gasteiger charge is 2.62. The maximum atomic E-state index is 2.69. The minimum Gasteiger partial charge on any atom is -0.310 e. The highest BCUT2D eigenvalue weighted by Crippen LogP contribution is 2.70. The Balaban J connectivity index is 0.968. The molecule has 7 aromatic rings. The third-order valence-corrected chi connectivity index (χ3v) is 17.3. The van der Waals surface area contributed by atoms with Gasteiger partial charge in [-0.1, -0.05) is 122 Å². The lowest BCUT2D eigenvalue weighted by Gasteiger charge is -2.61. The van der Waals surface area contributed by atoms with Gasteiger partial charge in [-0.05, 0) is 190 Å². The molecule has 0 radical (unpaired) electrons. The molecule has 58 heavy (non-hydrogen) atoms. The van der Waals surface area contributed by atoms with Crippen LogP contribution in [0.25, 0.3) is 44.2 Å². The molecule has 0 aliphatic heterocycles. The molecule has 0 amide bonds. The van der Waals surface area contributed by atoms with Gasteiger partial charge < -0.3 is 4.90 Å². The fraction of sp³-hybridized carbons (Fsp3) is 0.298. The van der Waals surface area contributed by atoms with E-state index < -0.39 is 0 Å². The van der Waals surface area contributed by atoms with Crippen molar-refractivity contribution in [1.82, 2.24) is 0 Å². The van der Waals surface area contributed by atoms with Crippen molar-refractivity contribution in [3.05, 3.63) is 174 Å². The first-order valence-electron chi connectivity index (χ1n) is 22.5. The number of fused-ring (bicyclic) bond motifs is 12. The molecule has 8 aliphatic rings. The highest BCUT2D eigenvalue weighted by atomic mass is 15.1. The minimum atomic E-state index is 0.131. The third-order valence-electron chi connectivity index (χ3n) is 17.3. The van der Waals surface area contributed by atoms with E-state index in [1.807, 2.05) is 0 Å². The van der Waals surface area contributed by atoms with Crippen LogP contribution in [0.15, 0.2) is 152 Å². The predicted molar refractivity (Wildman–Crippen MR) is 239 cm³/mol. The van der Waals surface area contributed by atoms with Crippen molar-refractivity contribution in [2.45, 2.75) is 68.6 Å². The zero-order valence-corrected chi connectivity index (χ0v) is 33.2. The second-order valence-electron chi connectivity index (χ2n) is 19.7. The Kier molecular flexibility index (Phi) is 6.52. The van der Waals surface area contributed by atoms with Crippen molar-refractivity contribution in [3.63, 3.8) is 0 Å². The van der Waals surface area contributed by atoms with Crippen molar-refractivity contribution < 1.29 is 0 Å². The van der Waals surface area contributed by atoms with Crippen LogP contribution in [0.1, 0.15) is 80.0 Å². The van der Waals surface area contributed by atoms with Crippen molar-refractivity contribution in [1.29, 1.82) is 0 Å². The van der Waals surface area contributed by atoms with E-state index in [1.165, 1.54) is 119 Å². The Hall–Kier alpha value is -5.40. The first kappa shape index (κ1) is 32.5. The summed E-state index contributed by atoms with van der Waals surface area (Å²) in [5, 5.41) is 2.60. The standard InChI is InChI=1S/C57H49N/c1-2-10-46-38(8-1)9-7-13-47(46)39-17-20-43(21-18-39)58(44-22-24-50-48-11-3-5-14-52(48)56(54(50)32-44)34-35-16-19-40(56)27-35)45-23-25-51-49-12-4-6-15-53(49)57(55(51)33-45)41-28-36-26-37(30-41)31-42(57)29-36/h1-15,17-18,20-25,32-33,35-37,40-42H,16,19,26-31,34H2. The topological polar surface area (TPSA) is 3.24 Å². The lowest BCUT2D eigenvalue weighted by Crippen LogP contribution is -2.55. The van der Waals surface area contributed by atoms with E-state index >= 15 is 0 Å². The van der Waals surface area contributed by atoms with Crippen LogP contribution in [-0.2, 0) is 10.8 Å². The molecule has 0 heterocycles. The van der Waals surface area contributed by atoms with Gasteiger partial charge in [0.05, 0.1) is 0 Å². The van der Waals surface area contributed by atoms with Gasteiger partial charge in [0, 0.05) is 27.9 Å². The van der Waals surface area contributed by atoms with Gasteiger partial charge in [0.15, 0.2) is 0 Å². The Morgan fingerprint density at radius 1 is 0.397 bits per heavy atom. The van der Waals surface area contributed by atoms with Gasteiger partial charge in [-0.25, -0.2) is 0 Å². The average Bonchev–Trinajstić information content (AvgIpc) is 4.03. The molecular weight excluding hydrogens is 699 g/mol. The molecule has 3 atom stereocenters. The normalized spacial score (nSPS) is 29.9. The van der Waals surface area contributed by atoms with Gasteiger partial charge >= 0.3 is 0 Å². The predicted octanol–water partition coefficient (Wildman–Crippen LogP) is 14.8. The monoisotopic (exact) mass is 747 g/mol. The number of anilines is 3. The summed E-state index contributed by atoms with van der Waals surface area (Å²) in [6.45, 7) is 0. The number of hydrogen-bond donors (Lipinski definition) is 0. The minimum absolute atomic E-state index is 0.131. The molecule has 0 N–H and O–H groups in total. The van der Waals surface area contributed by atoms with E-state index in [-0.39, 0.29) is 10.8 Å². The highest BCUT2D eigenvalue weighted by molar-refractivity contribution is 5.97. The molecule has 6 fully saturated rings. The van der Waals surface area contributed by atoms with E-state index in [9.17, 15) is 0 Å². The summed E-state index contributed by atoms with van der Waals surface area (Å²) in [5.41, 5.74) is 19.0. The molecule has 15 rings (SSSR count). The zero-order chi connectivity index (χ0) is 37.7. The van der Waals surface area contributed by atoms with E-state index in [0.717, 1.165) is 35.5 Å². The smallest absolute Gasteiger partial charge is 0.0465 e. The number of hydrogen-bond acceptors (Lipinski definition) is 1. The molecule has 7 aromatic carbocycles. The van der Waals surface area contributed by atoms with E-state index in [0.29, 0.717) is 0 Å². The Morgan fingerprint density at radius 2 is 0.966 bits per heavy atom. The summed E-state index contributed by atoms with van der Waals surface area (Å²) in [7, 11) is 0. The van der Waals surface area contributed by atoms with Crippen LogP contribution in [0.3, 0.4) is 0 Å². The third kappa shape index (κ3) is 4.13. The van der Waals surface area contributed by atoms with Crippen molar-refractivity contribution in [2.24, 2.45) is 35.5 Å². The molecule has 6 bridgehead atoms. The van der Waals surface area contributed by atoms with Crippen LogP contribution >= 0.6 is 0 Å². The van der Waals surface area contributed by atoms with E-state index in [1.54, 1.807) is 22.3 Å². The largest absolute Gasteiger partial charge is 0.310 e. The summed E-state index contributed by atoms with van der Waals surface area (Å²) in [6.07, 6.45) is 12.5. The molecular formula is C57H49N. The number of benzene rings is 7. The quantitative estimate of drug-likeness (QED) is 0.173. The maximum absolute atomic E-state index is 2.69. The fourth-order valence-corrected chi connectivity index (χ4v) is 15.5. The average molecular weight is 748 g/mol. The molecule has 3 unspecified atom stereocenters. The van der Waals surface area contributed by atoms with Gasteiger partial charge in [0.1, 0.15) is 0 Å². The summed E-state index contributed by atoms with van der Waals surface area (Å²) in [6, 6.07) is 59.3. The first-order valence-corrected chi connectivity index (χ1v) is 22.5. The molecule has 6 saturated carbocycles. The Labute approximate surface area is 342 Å². The summed E-state index contributed by atoms with van der Waals surface area (Å²) in [5.74, 6) is 4.92. The number of nitrogens with zero attached hydrogens (tertiary/aromatic N) is 1. The second-order valence-corrected chi connectivity index (χ2v) is 19.7. The van der Waals surface area contributed by atoms with Gasteiger partial charge in [0.2, 0.25) is 0 Å². The van der Waals surface area contributed by atoms with Crippen LogP contribution in [0.5, 0.6) is 0 Å².